The number of hydrogen-bond acceptors (Lipinski definition) is 6. The van der Waals surface area contributed by atoms with Crippen molar-refractivity contribution >= 4 is 5.91 Å². The van der Waals surface area contributed by atoms with Gasteiger partial charge in [0.05, 0.1) is 0 Å². The quantitative estimate of drug-likeness (QED) is 0.324. The van der Waals surface area contributed by atoms with Gasteiger partial charge < -0.3 is 28.6 Å². The van der Waals surface area contributed by atoms with Crippen molar-refractivity contribution in [2.24, 2.45) is 0 Å². The van der Waals surface area contributed by atoms with E-state index in [0.717, 1.165) is 47.3 Å². The highest BCUT2D eigenvalue weighted by atomic mass is 16.7. The highest BCUT2D eigenvalue weighted by Crippen LogP contribution is 2.41. The molecule has 0 atom stereocenters. The molecular formula is C25H35NO6. The maximum atomic E-state index is 11.7. The minimum absolute atomic E-state index is 0.0468. The van der Waals surface area contributed by atoms with Crippen LogP contribution in [-0.4, -0.2) is 65.9 Å². The average Bonchev–Trinajstić information content (AvgIpc) is 2.81. The first kappa shape index (κ1) is 25.6. The SMILES string of the molecule is CCc1c(OCOC)cc(OCOC)c(-c2ccccc2)c1CCCOCC(=O)N(C)C. The molecule has 32 heavy (non-hydrogen) atoms. The Morgan fingerprint density at radius 3 is 2.19 bits per heavy atom. The van der Waals surface area contributed by atoms with Crippen molar-refractivity contribution < 1.29 is 28.5 Å². The van der Waals surface area contributed by atoms with Gasteiger partial charge in [-0.2, -0.15) is 0 Å². The lowest BCUT2D eigenvalue weighted by Gasteiger charge is -2.22. The molecule has 0 N–H and O–H groups in total. The Labute approximate surface area is 191 Å². The monoisotopic (exact) mass is 445 g/mol. The Morgan fingerprint density at radius 1 is 0.938 bits per heavy atom. The number of benzene rings is 2. The summed E-state index contributed by atoms with van der Waals surface area (Å²) in [7, 11) is 6.63. The standard InChI is InChI=1S/C25H35NO6/c1-6-20-21(13-10-14-30-16-24(27)26(2)3)25(19-11-8-7-9-12-19)23(32-18-29-5)15-22(20)31-17-28-4/h7-9,11-12,15H,6,10,13-14,16-18H2,1-5H3. The zero-order chi connectivity index (χ0) is 23.3. The smallest absolute Gasteiger partial charge is 0.248 e. The largest absolute Gasteiger partial charge is 0.467 e. The average molecular weight is 446 g/mol. The molecule has 0 aliphatic rings. The molecule has 2 rings (SSSR count). The van der Waals surface area contributed by atoms with Crippen LogP contribution in [0.5, 0.6) is 11.5 Å². The van der Waals surface area contributed by atoms with Crippen molar-refractivity contribution in [3.05, 3.63) is 47.5 Å². The van der Waals surface area contributed by atoms with E-state index in [1.807, 2.05) is 24.3 Å². The van der Waals surface area contributed by atoms with E-state index in [0.29, 0.717) is 12.4 Å². The summed E-state index contributed by atoms with van der Waals surface area (Å²) in [6.45, 7) is 2.95. The number of ether oxygens (including phenoxy) is 5. The molecule has 176 valence electrons. The molecule has 0 heterocycles. The van der Waals surface area contributed by atoms with Crippen LogP contribution in [0.3, 0.4) is 0 Å². The number of amides is 1. The van der Waals surface area contributed by atoms with Gasteiger partial charge in [0.2, 0.25) is 5.91 Å². The van der Waals surface area contributed by atoms with Gasteiger partial charge in [-0.25, -0.2) is 0 Å². The highest BCUT2D eigenvalue weighted by molar-refractivity contribution is 5.78. The first-order valence-electron chi connectivity index (χ1n) is 10.8. The van der Waals surface area contributed by atoms with Gasteiger partial charge in [-0.15, -0.1) is 0 Å². The lowest BCUT2D eigenvalue weighted by molar-refractivity contribution is -0.133. The van der Waals surface area contributed by atoms with E-state index >= 15 is 0 Å². The van der Waals surface area contributed by atoms with E-state index in [1.54, 1.807) is 28.3 Å². The Morgan fingerprint density at radius 2 is 1.59 bits per heavy atom. The van der Waals surface area contributed by atoms with Gasteiger partial charge in [0.1, 0.15) is 18.1 Å². The number of hydrogen-bond donors (Lipinski definition) is 0. The second kappa shape index (κ2) is 13.7. The summed E-state index contributed by atoms with van der Waals surface area (Å²) in [5.74, 6) is 1.38. The fourth-order valence-electron chi connectivity index (χ4n) is 3.44. The molecule has 7 nitrogen and oxygen atoms in total. The number of carbonyl (C=O) groups excluding carboxylic acids is 1. The minimum Gasteiger partial charge on any atom is -0.467 e. The molecule has 0 fully saturated rings. The summed E-state index contributed by atoms with van der Waals surface area (Å²) in [6.07, 6.45) is 2.29. The summed E-state index contributed by atoms with van der Waals surface area (Å²) in [5.41, 5.74) is 4.33. The van der Waals surface area contributed by atoms with Crippen molar-refractivity contribution in [3.8, 4) is 22.6 Å². The van der Waals surface area contributed by atoms with E-state index in [1.165, 1.54) is 4.90 Å². The maximum absolute atomic E-state index is 11.7. The first-order chi connectivity index (χ1) is 15.5. The summed E-state index contributed by atoms with van der Waals surface area (Å²) < 4.78 is 27.7. The van der Waals surface area contributed by atoms with Crippen molar-refractivity contribution in [3.63, 3.8) is 0 Å². The minimum atomic E-state index is -0.0468. The van der Waals surface area contributed by atoms with Crippen LogP contribution in [0.1, 0.15) is 24.5 Å². The van der Waals surface area contributed by atoms with Crippen LogP contribution in [0.25, 0.3) is 11.1 Å². The Balaban J connectivity index is 2.40. The zero-order valence-electron chi connectivity index (χ0n) is 19.8. The molecule has 0 radical (unpaired) electrons. The zero-order valence-corrected chi connectivity index (χ0v) is 19.8. The predicted octanol–water partition coefficient (Wildman–Crippen LogP) is 3.92. The molecule has 2 aromatic carbocycles. The van der Waals surface area contributed by atoms with E-state index < -0.39 is 0 Å². The van der Waals surface area contributed by atoms with E-state index in [4.69, 9.17) is 23.7 Å². The van der Waals surface area contributed by atoms with Crippen molar-refractivity contribution in [2.75, 3.05) is 55.1 Å². The number of likely N-dealkylation sites (N-methyl/N-ethyl adjacent to an activating group) is 1. The molecule has 0 saturated carbocycles. The first-order valence-corrected chi connectivity index (χ1v) is 10.8. The van der Waals surface area contributed by atoms with Crippen LogP contribution in [0.2, 0.25) is 0 Å². The molecule has 7 heteroatoms. The van der Waals surface area contributed by atoms with Gasteiger partial charge in [-0.05, 0) is 36.0 Å². The molecule has 1 amide bonds. The van der Waals surface area contributed by atoms with Crippen LogP contribution >= 0.6 is 0 Å². The van der Waals surface area contributed by atoms with Crippen LogP contribution in [0.15, 0.2) is 36.4 Å². The number of rotatable bonds is 14. The molecule has 0 spiro atoms. The van der Waals surface area contributed by atoms with Gasteiger partial charge in [0, 0.05) is 46.6 Å². The normalized spacial score (nSPS) is 10.8. The Bertz CT molecular complexity index is 838. The van der Waals surface area contributed by atoms with Crippen molar-refractivity contribution in [2.45, 2.75) is 26.2 Å². The number of carbonyl (C=O) groups is 1. The molecule has 0 aliphatic carbocycles. The lowest BCUT2D eigenvalue weighted by atomic mass is 9.89. The van der Waals surface area contributed by atoms with E-state index in [2.05, 4.69) is 19.1 Å². The molecule has 0 saturated heterocycles. The topological polar surface area (TPSA) is 66.5 Å². The summed E-state index contributed by atoms with van der Waals surface area (Å²) >= 11 is 0. The van der Waals surface area contributed by atoms with Gasteiger partial charge in [-0.1, -0.05) is 37.3 Å². The van der Waals surface area contributed by atoms with Crippen LogP contribution in [0, 0.1) is 0 Å². The second-order valence-corrected chi connectivity index (χ2v) is 7.47. The summed E-state index contributed by atoms with van der Waals surface area (Å²) in [6, 6.07) is 12.1. The van der Waals surface area contributed by atoms with Crippen molar-refractivity contribution in [1.29, 1.82) is 0 Å². The number of methoxy groups -OCH3 is 2. The second-order valence-electron chi connectivity index (χ2n) is 7.47. The lowest BCUT2D eigenvalue weighted by Crippen LogP contribution is -2.26. The van der Waals surface area contributed by atoms with Gasteiger partial charge >= 0.3 is 0 Å². The van der Waals surface area contributed by atoms with Gasteiger partial charge in [-0.3, -0.25) is 4.79 Å². The predicted molar refractivity (Wildman–Crippen MR) is 124 cm³/mol. The number of nitrogens with zero attached hydrogens (tertiary/aromatic N) is 1. The Kier molecular flexibility index (Phi) is 11.0. The van der Waals surface area contributed by atoms with Crippen LogP contribution < -0.4 is 9.47 Å². The fourth-order valence-corrected chi connectivity index (χ4v) is 3.44. The summed E-state index contributed by atoms with van der Waals surface area (Å²) in [5, 5.41) is 0. The van der Waals surface area contributed by atoms with Crippen LogP contribution in [-0.2, 0) is 31.8 Å². The molecule has 2 aromatic rings. The van der Waals surface area contributed by atoms with E-state index in [9.17, 15) is 4.79 Å². The Hall–Kier alpha value is -2.61. The third-order valence-electron chi connectivity index (χ3n) is 4.99. The molecular weight excluding hydrogens is 410 g/mol. The fraction of sp³-hybridized carbons (Fsp3) is 0.480. The van der Waals surface area contributed by atoms with Gasteiger partial charge in [0.15, 0.2) is 13.6 Å². The highest BCUT2D eigenvalue weighted by Gasteiger charge is 2.20. The molecule has 0 aliphatic heterocycles. The van der Waals surface area contributed by atoms with Crippen molar-refractivity contribution in [1.82, 2.24) is 4.90 Å². The van der Waals surface area contributed by atoms with Crippen LogP contribution in [0.4, 0.5) is 0 Å². The third-order valence-corrected chi connectivity index (χ3v) is 4.99. The molecule has 0 aromatic heterocycles. The van der Waals surface area contributed by atoms with E-state index in [-0.39, 0.29) is 26.1 Å². The van der Waals surface area contributed by atoms with Gasteiger partial charge in [0.25, 0.3) is 0 Å². The molecule has 0 bridgehead atoms. The summed E-state index contributed by atoms with van der Waals surface area (Å²) in [4.78, 5) is 13.3. The molecule has 0 unspecified atom stereocenters. The maximum Gasteiger partial charge on any atom is 0.248 e. The third kappa shape index (κ3) is 7.22.